The lowest BCUT2D eigenvalue weighted by atomic mass is 9.75. The quantitative estimate of drug-likeness (QED) is 0.861. The smallest absolute Gasteiger partial charge is 0.0410 e. The first-order chi connectivity index (χ1) is 9.48. The van der Waals surface area contributed by atoms with Crippen molar-refractivity contribution in [3.8, 4) is 0 Å². The van der Waals surface area contributed by atoms with Crippen LogP contribution < -0.4 is 10.2 Å². The summed E-state index contributed by atoms with van der Waals surface area (Å²) in [6.45, 7) is 4.20. The molecule has 0 radical (unpaired) electrons. The Balaban J connectivity index is 2.18. The number of aryl methyl sites for hydroxylation is 1. The zero-order valence-electron chi connectivity index (χ0n) is 13.7. The van der Waals surface area contributed by atoms with Gasteiger partial charge >= 0.3 is 0 Å². The molecule has 0 saturated heterocycles. The minimum absolute atomic E-state index is 0.372. The molecule has 1 aliphatic rings. The van der Waals surface area contributed by atoms with Crippen LogP contribution in [0.15, 0.2) is 18.2 Å². The highest BCUT2D eigenvalue weighted by Crippen LogP contribution is 2.37. The molecule has 0 aliphatic heterocycles. The van der Waals surface area contributed by atoms with E-state index in [1.807, 2.05) is 7.05 Å². The molecule has 3 nitrogen and oxygen atoms in total. The molecule has 0 atom stereocenters. The fourth-order valence-electron chi connectivity index (χ4n) is 3.28. The van der Waals surface area contributed by atoms with E-state index < -0.39 is 0 Å². The Morgan fingerprint density at radius 1 is 1.20 bits per heavy atom. The van der Waals surface area contributed by atoms with E-state index in [1.165, 1.54) is 36.1 Å². The SMILES string of the molecule is CNCc1cc(C)ccc1N(C)CC1(N(C)C)CCC1. The van der Waals surface area contributed by atoms with E-state index in [4.69, 9.17) is 0 Å². The van der Waals surface area contributed by atoms with Gasteiger partial charge in [-0.2, -0.15) is 0 Å². The van der Waals surface area contributed by atoms with Gasteiger partial charge in [-0.3, -0.25) is 0 Å². The van der Waals surface area contributed by atoms with E-state index in [0.29, 0.717) is 5.54 Å². The summed E-state index contributed by atoms with van der Waals surface area (Å²) in [6.07, 6.45) is 4.00. The largest absolute Gasteiger partial charge is 0.372 e. The van der Waals surface area contributed by atoms with Crippen LogP contribution in [0, 0.1) is 6.92 Å². The van der Waals surface area contributed by atoms with Crippen LogP contribution in [0.5, 0.6) is 0 Å². The van der Waals surface area contributed by atoms with Crippen molar-refractivity contribution in [2.75, 3.05) is 39.6 Å². The van der Waals surface area contributed by atoms with E-state index in [2.05, 4.69) is 61.4 Å². The molecule has 0 spiro atoms. The third kappa shape index (κ3) is 2.99. The molecule has 1 fully saturated rings. The summed E-state index contributed by atoms with van der Waals surface area (Å²) in [5, 5.41) is 3.28. The number of anilines is 1. The Morgan fingerprint density at radius 3 is 2.40 bits per heavy atom. The second-order valence-electron chi connectivity index (χ2n) is 6.49. The van der Waals surface area contributed by atoms with E-state index in [0.717, 1.165) is 13.1 Å². The van der Waals surface area contributed by atoms with Gasteiger partial charge in [0.1, 0.15) is 0 Å². The maximum atomic E-state index is 3.28. The second-order valence-corrected chi connectivity index (χ2v) is 6.49. The van der Waals surface area contributed by atoms with Gasteiger partial charge in [-0.15, -0.1) is 0 Å². The zero-order chi connectivity index (χ0) is 14.8. The molecule has 1 aromatic rings. The number of rotatable bonds is 6. The monoisotopic (exact) mass is 275 g/mol. The molecule has 2 rings (SSSR count). The molecule has 112 valence electrons. The molecule has 0 heterocycles. The van der Waals surface area contributed by atoms with Crippen LogP contribution in [-0.2, 0) is 6.54 Å². The maximum Gasteiger partial charge on any atom is 0.0410 e. The normalized spacial score (nSPS) is 17.1. The Bertz CT molecular complexity index is 450. The van der Waals surface area contributed by atoms with Crippen molar-refractivity contribution >= 4 is 5.69 Å². The molecular formula is C17H29N3. The molecule has 0 aromatic heterocycles. The number of nitrogens with one attached hydrogen (secondary N) is 1. The van der Waals surface area contributed by atoms with Crippen molar-refractivity contribution in [1.29, 1.82) is 0 Å². The number of hydrogen-bond donors (Lipinski definition) is 1. The summed E-state index contributed by atoms with van der Waals surface area (Å²) in [5.41, 5.74) is 4.45. The van der Waals surface area contributed by atoms with Crippen LogP contribution in [0.1, 0.15) is 30.4 Å². The molecule has 20 heavy (non-hydrogen) atoms. The lowest BCUT2D eigenvalue weighted by molar-refractivity contribution is 0.0683. The molecular weight excluding hydrogens is 246 g/mol. The van der Waals surface area contributed by atoms with E-state index >= 15 is 0 Å². The highest BCUT2D eigenvalue weighted by atomic mass is 15.2. The van der Waals surface area contributed by atoms with Crippen molar-refractivity contribution in [3.05, 3.63) is 29.3 Å². The lowest BCUT2D eigenvalue weighted by Crippen LogP contribution is -2.56. The van der Waals surface area contributed by atoms with E-state index in [1.54, 1.807) is 0 Å². The van der Waals surface area contributed by atoms with Crippen molar-refractivity contribution in [2.24, 2.45) is 0 Å². The van der Waals surface area contributed by atoms with E-state index in [-0.39, 0.29) is 0 Å². The first-order valence-corrected chi connectivity index (χ1v) is 7.61. The standard InChI is InChI=1S/C17H29N3/c1-14-7-8-16(15(11-14)12-18-2)20(5)13-17(19(3)4)9-6-10-17/h7-8,11,18H,6,9-10,12-13H2,1-5H3. The highest BCUT2D eigenvalue weighted by molar-refractivity contribution is 5.55. The molecule has 1 aliphatic carbocycles. The summed E-state index contributed by atoms with van der Waals surface area (Å²) in [5.74, 6) is 0. The van der Waals surface area contributed by atoms with Gasteiger partial charge in [0, 0.05) is 31.4 Å². The summed E-state index contributed by atoms with van der Waals surface area (Å²) in [6, 6.07) is 6.78. The van der Waals surface area contributed by atoms with Crippen LogP contribution >= 0.6 is 0 Å². The van der Waals surface area contributed by atoms with Gasteiger partial charge < -0.3 is 15.1 Å². The molecule has 0 bridgehead atoms. The number of hydrogen-bond acceptors (Lipinski definition) is 3. The Labute approximate surface area is 124 Å². The van der Waals surface area contributed by atoms with Crippen molar-refractivity contribution in [3.63, 3.8) is 0 Å². The van der Waals surface area contributed by atoms with Gasteiger partial charge in [-0.25, -0.2) is 0 Å². The predicted molar refractivity (Wildman–Crippen MR) is 87.5 cm³/mol. The summed E-state index contributed by atoms with van der Waals surface area (Å²) in [7, 11) is 8.68. The Morgan fingerprint density at radius 2 is 1.90 bits per heavy atom. The maximum absolute atomic E-state index is 3.28. The van der Waals surface area contributed by atoms with Crippen LogP contribution in [0.3, 0.4) is 0 Å². The Hall–Kier alpha value is -1.06. The summed E-state index contributed by atoms with van der Waals surface area (Å²) < 4.78 is 0. The topological polar surface area (TPSA) is 18.5 Å². The third-order valence-corrected chi connectivity index (χ3v) is 4.78. The first-order valence-electron chi connectivity index (χ1n) is 7.61. The predicted octanol–water partition coefficient (Wildman–Crippen LogP) is 2.63. The highest BCUT2D eigenvalue weighted by Gasteiger charge is 2.40. The van der Waals surface area contributed by atoms with E-state index in [9.17, 15) is 0 Å². The van der Waals surface area contributed by atoms with Crippen molar-refractivity contribution < 1.29 is 0 Å². The number of benzene rings is 1. The summed E-state index contributed by atoms with van der Waals surface area (Å²) >= 11 is 0. The van der Waals surface area contributed by atoms with Crippen LogP contribution in [0.25, 0.3) is 0 Å². The van der Waals surface area contributed by atoms with Gasteiger partial charge in [-0.1, -0.05) is 17.7 Å². The molecule has 1 saturated carbocycles. The molecule has 1 N–H and O–H groups in total. The minimum atomic E-state index is 0.372. The van der Waals surface area contributed by atoms with Crippen LogP contribution in [0.2, 0.25) is 0 Å². The lowest BCUT2D eigenvalue weighted by Gasteiger charge is -2.49. The van der Waals surface area contributed by atoms with Gasteiger partial charge in [0.05, 0.1) is 0 Å². The Kier molecular flexibility index (Phi) is 4.71. The number of likely N-dealkylation sites (N-methyl/N-ethyl adjacent to an activating group) is 2. The molecule has 0 amide bonds. The minimum Gasteiger partial charge on any atom is -0.372 e. The summed E-state index contributed by atoms with van der Waals surface area (Å²) in [4.78, 5) is 4.85. The van der Waals surface area contributed by atoms with Gasteiger partial charge in [-0.05, 0) is 59.0 Å². The van der Waals surface area contributed by atoms with Crippen LogP contribution in [-0.4, -0.2) is 45.2 Å². The fraction of sp³-hybridized carbons (Fsp3) is 0.647. The molecule has 1 aromatic carbocycles. The van der Waals surface area contributed by atoms with Crippen molar-refractivity contribution in [2.45, 2.75) is 38.3 Å². The van der Waals surface area contributed by atoms with Crippen molar-refractivity contribution in [1.82, 2.24) is 10.2 Å². The second kappa shape index (κ2) is 6.15. The number of nitrogens with zero attached hydrogens (tertiary/aromatic N) is 2. The molecule has 3 heteroatoms. The fourth-order valence-corrected chi connectivity index (χ4v) is 3.28. The van der Waals surface area contributed by atoms with Gasteiger partial charge in [0.15, 0.2) is 0 Å². The van der Waals surface area contributed by atoms with Gasteiger partial charge in [0.25, 0.3) is 0 Å². The molecule has 0 unspecified atom stereocenters. The average Bonchev–Trinajstić information content (AvgIpc) is 2.33. The zero-order valence-corrected chi connectivity index (χ0v) is 13.7. The van der Waals surface area contributed by atoms with Gasteiger partial charge in [0.2, 0.25) is 0 Å². The third-order valence-electron chi connectivity index (χ3n) is 4.78. The average molecular weight is 275 g/mol. The van der Waals surface area contributed by atoms with Crippen LogP contribution in [0.4, 0.5) is 5.69 Å². The first kappa shape index (κ1) is 15.3.